The van der Waals surface area contributed by atoms with E-state index in [1.54, 1.807) is 0 Å². The van der Waals surface area contributed by atoms with Crippen molar-refractivity contribution in [2.24, 2.45) is 4.99 Å². The fraction of sp³-hybridized carbons (Fsp3) is 0.900. The average molecular weight is 190 g/mol. The molecule has 0 aliphatic carbocycles. The SMILES string of the molecule is CCCCCCN=CCCCCl. The maximum absolute atomic E-state index is 5.52. The lowest BCUT2D eigenvalue weighted by molar-refractivity contribution is 0.675. The molecule has 1 nitrogen and oxygen atoms in total. The van der Waals surface area contributed by atoms with Gasteiger partial charge in [-0.1, -0.05) is 26.2 Å². The molecule has 0 bridgehead atoms. The van der Waals surface area contributed by atoms with E-state index in [0.717, 1.165) is 25.3 Å². The van der Waals surface area contributed by atoms with Gasteiger partial charge in [0.15, 0.2) is 0 Å². The summed E-state index contributed by atoms with van der Waals surface area (Å²) in [5, 5.41) is 0. The van der Waals surface area contributed by atoms with Gasteiger partial charge in [-0.05, 0) is 25.5 Å². The van der Waals surface area contributed by atoms with Crippen LogP contribution < -0.4 is 0 Å². The van der Waals surface area contributed by atoms with Crippen molar-refractivity contribution in [3.8, 4) is 0 Å². The molecule has 0 rings (SSSR count). The van der Waals surface area contributed by atoms with Crippen molar-refractivity contribution in [1.29, 1.82) is 0 Å². The number of nitrogens with zero attached hydrogens (tertiary/aromatic N) is 1. The molecule has 0 fully saturated rings. The quantitative estimate of drug-likeness (QED) is 0.314. The Hall–Kier alpha value is -0.0400. The van der Waals surface area contributed by atoms with Gasteiger partial charge in [-0.3, -0.25) is 4.99 Å². The number of halogens is 1. The van der Waals surface area contributed by atoms with E-state index in [4.69, 9.17) is 11.6 Å². The van der Waals surface area contributed by atoms with E-state index in [9.17, 15) is 0 Å². The first-order valence-corrected chi connectivity index (χ1v) is 5.49. The summed E-state index contributed by atoms with van der Waals surface area (Å²) in [6.45, 7) is 3.23. The van der Waals surface area contributed by atoms with Crippen molar-refractivity contribution < 1.29 is 0 Å². The first-order valence-electron chi connectivity index (χ1n) is 4.96. The van der Waals surface area contributed by atoms with Gasteiger partial charge in [-0.2, -0.15) is 0 Å². The summed E-state index contributed by atoms with van der Waals surface area (Å²) in [4.78, 5) is 4.30. The number of aliphatic imine (C=N–C) groups is 1. The van der Waals surface area contributed by atoms with Crippen molar-refractivity contribution in [1.82, 2.24) is 0 Å². The second-order valence-electron chi connectivity index (χ2n) is 2.98. The summed E-state index contributed by atoms with van der Waals surface area (Å²) in [7, 11) is 0. The van der Waals surface area contributed by atoms with Gasteiger partial charge >= 0.3 is 0 Å². The van der Waals surface area contributed by atoms with Crippen LogP contribution >= 0.6 is 11.6 Å². The van der Waals surface area contributed by atoms with Gasteiger partial charge in [0.2, 0.25) is 0 Å². The second-order valence-corrected chi connectivity index (χ2v) is 3.36. The molecule has 0 amide bonds. The molecule has 0 aromatic carbocycles. The topological polar surface area (TPSA) is 12.4 Å². The van der Waals surface area contributed by atoms with Gasteiger partial charge in [-0.25, -0.2) is 0 Å². The first-order chi connectivity index (χ1) is 5.91. The molecule has 0 saturated heterocycles. The Morgan fingerprint density at radius 1 is 1.17 bits per heavy atom. The summed E-state index contributed by atoms with van der Waals surface area (Å²) in [5.74, 6) is 0.752. The maximum Gasteiger partial charge on any atom is 0.0385 e. The van der Waals surface area contributed by atoms with Crippen LogP contribution in [0.15, 0.2) is 4.99 Å². The van der Waals surface area contributed by atoms with Crippen LogP contribution in [0.2, 0.25) is 0 Å². The summed E-state index contributed by atoms with van der Waals surface area (Å²) in [6, 6.07) is 0. The lowest BCUT2D eigenvalue weighted by Gasteiger charge is -1.94. The predicted molar refractivity (Wildman–Crippen MR) is 57.5 cm³/mol. The minimum Gasteiger partial charge on any atom is -0.298 e. The van der Waals surface area contributed by atoms with E-state index in [2.05, 4.69) is 11.9 Å². The fourth-order valence-corrected chi connectivity index (χ4v) is 1.14. The largest absolute Gasteiger partial charge is 0.298 e. The molecule has 2 heteroatoms. The number of hydrogen-bond acceptors (Lipinski definition) is 1. The molecule has 0 heterocycles. The molecule has 0 unspecified atom stereocenters. The molecule has 0 N–H and O–H groups in total. The Bertz CT molecular complexity index is 102. The smallest absolute Gasteiger partial charge is 0.0385 e. The van der Waals surface area contributed by atoms with E-state index in [1.807, 2.05) is 6.21 Å². The third kappa shape index (κ3) is 9.96. The zero-order valence-electron chi connectivity index (χ0n) is 8.06. The van der Waals surface area contributed by atoms with Gasteiger partial charge in [0.1, 0.15) is 0 Å². The molecule has 0 aromatic heterocycles. The molecule has 0 spiro atoms. The highest BCUT2D eigenvalue weighted by molar-refractivity contribution is 6.17. The molecule has 12 heavy (non-hydrogen) atoms. The minimum atomic E-state index is 0.752. The van der Waals surface area contributed by atoms with Gasteiger partial charge in [0.25, 0.3) is 0 Å². The Balaban J connectivity index is 2.92. The van der Waals surface area contributed by atoms with Crippen LogP contribution in [0.3, 0.4) is 0 Å². The molecular formula is C10H20ClN. The van der Waals surface area contributed by atoms with Crippen LogP contribution in [-0.4, -0.2) is 18.6 Å². The summed E-state index contributed by atoms with van der Waals surface area (Å²) in [5.41, 5.74) is 0. The average Bonchev–Trinajstić information content (AvgIpc) is 2.10. The molecule has 0 radical (unpaired) electrons. The molecule has 0 saturated carbocycles. The van der Waals surface area contributed by atoms with E-state index in [0.29, 0.717) is 0 Å². The zero-order chi connectivity index (χ0) is 9.07. The highest BCUT2D eigenvalue weighted by atomic mass is 35.5. The van der Waals surface area contributed by atoms with E-state index >= 15 is 0 Å². The number of hydrogen-bond donors (Lipinski definition) is 0. The lowest BCUT2D eigenvalue weighted by Crippen LogP contribution is -1.84. The summed E-state index contributed by atoms with van der Waals surface area (Å²) >= 11 is 5.52. The summed E-state index contributed by atoms with van der Waals surface area (Å²) in [6.07, 6.45) is 9.31. The maximum atomic E-state index is 5.52. The number of rotatable bonds is 8. The van der Waals surface area contributed by atoms with Crippen LogP contribution in [0.25, 0.3) is 0 Å². The Morgan fingerprint density at radius 3 is 2.67 bits per heavy atom. The number of unbranched alkanes of at least 4 members (excludes halogenated alkanes) is 4. The Labute approximate surface area is 81.2 Å². The predicted octanol–water partition coefficient (Wildman–Crippen LogP) is 3.66. The van der Waals surface area contributed by atoms with Crippen LogP contribution in [0, 0.1) is 0 Å². The third-order valence-electron chi connectivity index (χ3n) is 1.74. The van der Waals surface area contributed by atoms with Crippen molar-refractivity contribution in [2.75, 3.05) is 12.4 Å². The Morgan fingerprint density at radius 2 is 2.00 bits per heavy atom. The minimum absolute atomic E-state index is 0.752. The standard InChI is InChI=1S/C10H20ClN/c1-2-3-4-6-9-12-10-7-5-8-11/h10H,2-9H2,1H3. The van der Waals surface area contributed by atoms with Crippen LogP contribution in [0.4, 0.5) is 0 Å². The van der Waals surface area contributed by atoms with Gasteiger partial charge in [-0.15, -0.1) is 11.6 Å². The molecule has 0 atom stereocenters. The number of alkyl halides is 1. The lowest BCUT2D eigenvalue weighted by atomic mass is 10.2. The van der Waals surface area contributed by atoms with Gasteiger partial charge in [0.05, 0.1) is 0 Å². The molecule has 0 aliphatic heterocycles. The molecule has 72 valence electrons. The molecular weight excluding hydrogens is 170 g/mol. The second kappa shape index (κ2) is 11.0. The monoisotopic (exact) mass is 189 g/mol. The fourth-order valence-electron chi connectivity index (χ4n) is 0.981. The Kier molecular flexibility index (Phi) is 10.9. The van der Waals surface area contributed by atoms with Crippen LogP contribution in [-0.2, 0) is 0 Å². The normalized spacial score (nSPS) is 11.2. The van der Waals surface area contributed by atoms with Crippen molar-refractivity contribution in [3.05, 3.63) is 0 Å². The van der Waals surface area contributed by atoms with Gasteiger partial charge < -0.3 is 0 Å². The van der Waals surface area contributed by atoms with E-state index < -0.39 is 0 Å². The van der Waals surface area contributed by atoms with Gasteiger partial charge in [0, 0.05) is 12.4 Å². The van der Waals surface area contributed by atoms with E-state index in [1.165, 1.54) is 25.7 Å². The summed E-state index contributed by atoms with van der Waals surface area (Å²) < 4.78 is 0. The zero-order valence-corrected chi connectivity index (χ0v) is 8.82. The molecule has 0 aliphatic rings. The van der Waals surface area contributed by atoms with Crippen LogP contribution in [0.1, 0.15) is 45.4 Å². The third-order valence-corrected chi connectivity index (χ3v) is 2.00. The molecule has 0 aromatic rings. The highest BCUT2D eigenvalue weighted by Crippen LogP contribution is 1.98. The first kappa shape index (κ1) is 12.0. The van der Waals surface area contributed by atoms with Crippen LogP contribution in [0.5, 0.6) is 0 Å². The van der Waals surface area contributed by atoms with Crippen molar-refractivity contribution >= 4 is 17.8 Å². The van der Waals surface area contributed by atoms with Crippen molar-refractivity contribution in [3.63, 3.8) is 0 Å². The van der Waals surface area contributed by atoms with Crippen molar-refractivity contribution in [2.45, 2.75) is 45.4 Å². The van der Waals surface area contributed by atoms with E-state index in [-0.39, 0.29) is 0 Å². The highest BCUT2D eigenvalue weighted by Gasteiger charge is 1.84.